The van der Waals surface area contributed by atoms with E-state index in [1.54, 1.807) is 28.7 Å². The van der Waals surface area contributed by atoms with E-state index in [4.69, 9.17) is 5.14 Å². The van der Waals surface area contributed by atoms with Crippen LogP contribution >= 0.6 is 22.7 Å². The predicted octanol–water partition coefficient (Wildman–Crippen LogP) is 1.83. The van der Waals surface area contributed by atoms with Crippen molar-refractivity contribution in [3.8, 4) is 0 Å². The molecule has 1 aliphatic carbocycles. The molecule has 1 fully saturated rings. The van der Waals surface area contributed by atoms with Crippen LogP contribution < -0.4 is 16.4 Å². The van der Waals surface area contributed by atoms with Crippen LogP contribution in [-0.4, -0.2) is 32.3 Å². The summed E-state index contributed by atoms with van der Waals surface area (Å²) >= 11 is 2.36. The van der Waals surface area contributed by atoms with Crippen LogP contribution in [0.2, 0.25) is 0 Å². The standard InChI is InChI=1S/C21H24N6O4S3/c1-11-15(32-12(2)24-11)7-14-16-17(28)26(10-13-8-23-25(4)9-13)20(29)27(21(3)5-6-21)18(16)33-19(14)34(22,30)31/h8-9H,5-7,10H2,1-4H3,(H2,22,30,31). The Balaban J connectivity index is 1.86. The van der Waals surface area contributed by atoms with Gasteiger partial charge in [-0.3, -0.25) is 18.6 Å². The van der Waals surface area contributed by atoms with Crippen molar-refractivity contribution in [2.24, 2.45) is 12.2 Å². The zero-order valence-electron chi connectivity index (χ0n) is 19.2. The van der Waals surface area contributed by atoms with Crippen molar-refractivity contribution in [2.45, 2.75) is 56.3 Å². The van der Waals surface area contributed by atoms with Crippen LogP contribution in [0.4, 0.5) is 0 Å². The molecule has 4 aromatic rings. The number of sulfonamides is 1. The molecule has 1 aliphatic rings. The van der Waals surface area contributed by atoms with E-state index in [1.165, 1.54) is 15.9 Å². The lowest BCUT2D eigenvalue weighted by atomic mass is 10.1. The van der Waals surface area contributed by atoms with E-state index in [1.807, 2.05) is 20.8 Å². The highest BCUT2D eigenvalue weighted by Crippen LogP contribution is 2.45. The van der Waals surface area contributed by atoms with Gasteiger partial charge in [0, 0.05) is 41.2 Å². The highest BCUT2D eigenvalue weighted by Gasteiger charge is 2.43. The molecule has 13 heteroatoms. The second kappa shape index (κ2) is 7.70. The number of hydrogen-bond donors (Lipinski definition) is 1. The largest absolute Gasteiger partial charge is 0.332 e. The van der Waals surface area contributed by atoms with Crippen molar-refractivity contribution in [1.82, 2.24) is 23.9 Å². The van der Waals surface area contributed by atoms with Crippen LogP contribution in [-0.2, 0) is 35.6 Å². The maximum atomic E-state index is 13.8. The summed E-state index contributed by atoms with van der Waals surface area (Å²) in [7, 11) is -2.38. The molecule has 4 aromatic heterocycles. The minimum Gasteiger partial charge on any atom is -0.278 e. The number of thiazole rings is 1. The minimum absolute atomic E-state index is 0.0379. The summed E-state index contributed by atoms with van der Waals surface area (Å²) in [4.78, 5) is 33.0. The van der Waals surface area contributed by atoms with Crippen molar-refractivity contribution in [3.05, 3.63) is 59.9 Å². The zero-order chi connectivity index (χ0) is 24.6. The van der Waals surface area contributed by atoms with Crippen LogP contribution in [0.25, 0.3) is 10.2 Å². The highest BCUT2D eigenvalue weighted by atomic mass is 32.2. The number of aryl methyl sites for hydroxylation is 3. The van der Waals surface area contributed by atoms with E-state index < -0.39 is 26.8 Å². The summed E-state index contributed by atoms with van der Waals surface area (Å²) in [5.74, 6) is 0. The van der Waals surface area contributed by atoms with Gasteiger partial charge in [-0.2, -0.15) is 5.10 Å². The Morgan fingerprint density at radius 1 is 1.21 bits per heavy atom. The Labute approximate surface area is 203 Å². The molecule has 180 valence electrons. The number of nitrogens with zero attached hydrogens (tertiary/aromatic N) is 5. The SMILES string of the molecule is Cc1nc(C)c(Cc2c(S(N)(=O)=O)sc3c2c(=O)n(Cc2cnn(C)c2)c(=O)n3C2(C)CC2)s1. The van der Waals surface area contributed by atoms with Crippen LogP contribution in [0.3, 0.4) is 0 Å². The summed E-state index contributed by atoms with van der Waals surface area (Å²) in [5, 5.41) is 10.8. The average Bonchev–Trinajstić information content (AvgIpc) is 3.04. The molecule has 0 unspecified atom stereocenters. The lowest BCUT2D eigenvalue weighted by Gasteiger charge is -2.17. The van der Waals surface area contributed by atoms with Gasteiger partial charge in [0.1, 0.15) is 9.04 Å². The Hall–Kier alpha value is -2.61. The Morgan fingerprint density at radius 3 is 2.44 bits per heavy atom. The minimum atomic E-state index is -4.14. The normalized spacial score (nSPS) is 15.3. The van der Waals surface area contributed by atoms with Crippen LogP contribution in [0.15, 0.2) is 26.2 Å². The number of aromatic nitrogens is 5. The second-order valence-electron chi connectivity index (χ2n) is 9.04. The first kappa shape index (κ1) is 23.1. The van der Waals surface area contributed by atoms with Gasteiger partial charge in [-0.1, -0.05) is 0 Å². The van der Waals surface area contributed by atoms with E-state index in [2.05, 4.69) is 10.1 Å². The lowest BCUT2D eigenvalue weighted by Crippen LogP contribution is -2.43. The molecule has 0 aliphatic heterocycles. The van der Waals surface area contributed by atoms with E-state index in [0.29, 0.717) is 16.0 Å². The van der Waals surface area contributed by atoms with Gasteiger partial charge in [0.25, 0.3) is 5.56 Å². The molecule has 0 atom stereocenters. The molecule has 5 rings (SSSR count). The van der Waals surface area contributed by atoms with Gasteiger partial charge in [-0.25, -0.2) is 23.3 Å². The van der Waals surface area contributed by atoms with Crippen molar-refractivity contribution in [3.63, 3.8) is 0 Å². The molecule has 1 saturated carbocycles. The van der Waals surface area contributed by atoms with Crippen molar-refractivity contribution >= 4 is 42.9 Å². The van der Waals surface area contributed by atoms with Gasteiger partial charge in [-0.05, 0) is 33.6 Å². The van der Waals surface area contributed by atoms with Crippen LogP contribution in [0.1, 0.15) is 46.5 Å². The van der Waals surface area contributed by atoms with Crippen molar-refractivity contribution in [1.29, 1.82) is 0 Å². The Bertz CT molecular complexity index is 1680. The first-order chi connectivity index (χ1) is 15.9. The molecule has 4 heterocycles. The molecule has 0 spiro atoms. The molecule has 0 saturated heterocycles. The molecule has 34 heavy (non-hydrogen) atoms. The second-order valence-corrected chi connectivity index (χ2v) is 13.1. The Morgan fingerprint density at radius 2 is 1.91 bits per heavy atom. The maximum absolute atomic E-state index is 13.8. The smallest absolute Gasteiger partial charge is 0.278 e. The topological polar surface area (TPSA) is 135 Å². The summed E-state index contributed by atoms with van der Waals surface area (Å²) < 4.78 is 29.5. The molecule has 10 nitrogen and oxygen atoms in total. The fraction of sp³-hybridized carbons (Fsp3) is 0.429. The van der Waals surface area contributed by atoms with Gasteiger partial charge >= 0.3 is 5.69 Å². The van der Waals surface area contributed by atoms with Gasteiger partial charge in [-0.15, -0.1) is 22.7 Å². The van der Waals surface area contributed by atoms with Gasteiger partial charge in [0.2, 0.25) is 10.0 Å². The van der Waals surface area contributed by atoms with E-state index in [0.717, 1.165) is 39.8 Å². The monoisotopic (exact) mass is 520 g/mol. The lowest BCUT2D eigenvalue weighted by molar-refractivity contribution is 0.495. The molecule has 0 bridgehead atoms. The third kappa shape index (κ3) is 3.76. The molecule has 0 amide bonds. The van der Waals surface area contributed by atoms with E-state index in [9.17, 15) is 18.0 Å². The van der Waals surface area contributed by atoms with Gasteiger partial charge < -0.3 is 0 Å². The summed E-state index contributed by atoms with van der Waals surface area (Å²) in [6, 6.07) is 0. The summed E-state index contributed by atoms with van der Waals surface area (Å²) in [5.41, 5.74) is 0.349. The molecule has 0 radical (unpaired) electrons. The molecule has 0 aromatic carbocycles. The number of fused-ring (bicyclic) bond motifs is 1. The fourth-order valence-corrected chi connectivity index (χ4v) is 7.63. The Kier molecular flexibility index (Phi) is 5.24. The number of rotatable bonds is 6. The summed E-state index contributed by atoms with van der Waals surface area (Å²) in [6.07, 6.45) is 5.07. The number of nitrogens with two attached hydrogens (primary N) is 1. The van der Waals surface area contributed by atoms with E-state index in [-0.39, 0.29) is 22.6 Å². The quantitative estimate of drug-likeness (QED) is 0.412. The van der Waals surface area contributed by atoms with Gasteiger partial charge in [0.05, 0.1) is 28.8 Å². The fourth-order valence-electron chi connectivity index (χ4n) is 4.28. The highest BCUT2D eigenvalue weighted by molar-refractivity contribution is 7.91. The van der Waals surface area contributed by atoms with Gasteiger partial charge in [0.15, 0.2) is 0 Å². The molecule has 2 N–H and O–H groups in total. The first-order valence-corrected chi connectivity index (χ1v) is 13.8. The summed E-state index contributed by atoms with van der Waals surface area (Å²) in [6.45, 7) is 5.71. The van der Waals surface area contributed by atoms with E-state index >= 15 is 0 Å². The van der Waals surface area contributed by atoms with Crippen LogP contribution in [0.5, 0.6) is 0 Å². The maximum Gasteiger partial charge on any atom is 0.332 e. The van der Waals surface area contributed by atoms with Crippen molar-refractivity contribution in [2.75, 3.05) is 0 Å². The van der Waals surface area contributed by atoms with Crippen molar-refractivity contribution < 1.29 is 8.42 Å². The first-order valence-electron chi connectivity index (χ1n) is 10.6. The third-order valence-electron chi connectivity index (χ3n) is 6.24. The van der Waals surface area contributed by atoms with Crippen LogP contribution in [0, 0.1) is 13.8 Å². The number of hydrogen-bond acceptors (Lipinski definition) is 8. The average molecular weight is 521 g/mol. The number of primary sulfonamides is 1. The third-order valence-corrected chi connectivity index (χ3v) is 10.0. The molecular weight excluding hydrogens is 496 g/mol. The number of thiophene rings is 1. The predicted molar refractivity (Wildman–Crippen MR) is 131 cm³/mol. The molecular formula is C21H24N6O4S3. The zero-order valence-corrected chi connectivity index (χ0v) is 21.6.